The molecule has 0 radical (unpaired) electrons. The number of pyridine rings is 1. The van der Waals surface area contributed by atoms with Gasteiger partial charge in [-0.15, -0.1) is 5.10 Å². The number of ether oxygens (including phenoxy) is 1. The van der Waals surface area contributed by atoms with Crippen LogP contribution in [0.15, 0.2) is 109 Å². The van der Waals surface area contributed by atoms with E-state index < -0.39 is 0 Å². The maximum Gasteiger partial charge on any atom is 0.161 e. The number of para-hydroxylation sites is 1. The first-order valence-electron chi connectivity index (χ1n) is 19.0. The van der Waals surface area contributed by atoms with Crippen molar-refractivity contribution in [3.8, 4) is 34.1 Å². The molecule has 1 aliphatic rings. The van der Waals surface area contributed by atoms with Crippen LogP contribution in [0, 0.1) is 6.92 Å². The normalized spacial score (nSPS) is 13.8. The Hall–Kier alpha value is -5.60. The SMILES string of the molecule is CCN(CC)c1nn(-c2cc(C)cc(Oc3ccc4c5ccccc5n(-c5cc(C(C)C)ccn5)c4c3)c2)c(N2CCN(C)CC2)c1-c1ccccc1. The molecule has 53 heavy (non-hydrogen) atoms. The second-order valence-corrected chi connectivity index (χ2v) is 14.5. The molecule has 0 N–H and O–H groups in total. The smallest absolute Gasteiger partial charge is 0.161 e. The first-order chi connectivity index (χ1) is 25.8. The van der Waals surface area contributed by atoms with Crippen LogP contribution in [0.25, 0.3) is 44.4 Å². The highest BCUT2D eigenvalue weighted by atomic mass is 16.5. The van der Waals surface area contributed by atoms with Crippen molar-refractivity contribution in [1.29, 1.82) is 0 Å². The van der Waals surface area contributed by atoms with Gasteiger partial charge in [0, 0.05) is 68.4 Å². The summed E-state index contributed by atoms with van der Waals surface area (Å²) in [5, 5.41) is 7.79. The number of anilines is 2. The van der Waals surface area contributed by atoms with Crippen LogP contribution >= 0.6 is 0 Å². The van der Waals surface area contributed by atoms with Gasteiger partial charge < -0.3 is 19.4 Å². The van der Waals surface area contributed by atoms with Crippen molar-refractivity contribution in [2.24, 2.45) is 0 Å². The average Bonchev–Trinajstić information content (AvgIpc) is 3.72. The lowest BCUT2D eigenvalue weighted by molar-refractivity contribution is 0.311. The van der Waals surface area contributed by atoms with Crippen LogP contribution in [0.3, 0.4) is 0 Å². The van der Waals surface area contributed by atoms with Crippen LogP contribution in [0.5, 0.6) is 11.5 Å². The lowest BCUT2D eigenvalue weighted by Gasteiger charge is -2.35. The molecule has 1 aliphatic heterocycles. The number of piperazine rings is 1. The van der Waals surface area contributed by atoms with Crippen molar-refractivity contribution < 1.29 is 4.74 Å². The van der Waals surface area contributed by atoms with E-state index in [9.17, 15) is 0 Å². The minimum absolute atomic E-state index is 0.401. The van der Waals surface area contributed by atoms with Gasteiger partial charge in [-0.05, 0) is 92.9 Å². The first-order valence-corrected chi connectivity index (χ1v) is 19.0. The predicted molar refractivity (Wildman–Crippen MR) is 220 cm³/mol. The van der Waals surface area contributed by atoms with Gasteiger partial charge in [-0.3, -0.25) is 4.57 Å². The van der Waals surface area contributed by atoms with E-state index in [1.165, 1.54) is 27.5 Å². The molecular weight excluding hydrogens is 655 g/mol. The maximum atomic E-state index is 6.78. The van der Waals surface area contributed by atoms with Crippen molar-refractivity contribution in [3.63, 3.8) is 0 Å². The molecule has 0 atom stereocenters. The lowest BCUT2D eigenvalue weighted by Crippen LogP contribution is -2.45. The topological polar surface area (TPSA) is 54.6 Å². The van der Waals surface area contributed by atoms with E-state index >= 15 is 0 Å². The fraction of sp³-hybridized carbons (Fsp3) is 0.289. The third-order valence-corrected chi connectivity index (χ3v) is 10.6. The largest absolute Gasteiger partial charge is 0.457 e. The second kappa shape index (κ2) is 14.4. The molecule has 4 aromatic carbocycles. The molecule has 3 aromatic heterocycles. The van der Waals surface area contributed by atoms with Gasteiger partial charge in [0.15, 0.2) is 5.82 Å². The van der Waals surface area contributed by atoms with Crippen LogP contribution < -0.4 is 14.5 Å². The molecular formula is C45H49N7O. The number of benzene rings is 4. The van der Waals surface area contributed by atoms with Gasteiger partial charge >= 0.3 is 0 Å². The monoisotopic (exact) mass is 703 g/mol. The highest BCUT2D eigenvalue weighted by molar-refractivity contribution is 6.09. The fourth-order valence-electron chi connectivity index (χ4n) is 7.72. The zero-order valence-corrected chi connectivity index (χ0v) is 31.8. The first kappa shape index (κ1) is 34.5. The fourth-order valence-corrected chi connectivity index (χ4v) is 7.72. The molecule has 1 fully saturated rings. The third-order valence-electron chi connectivity index (χ3n) is 10.6. The van der Waals surface area contributed by atoms with Gasteiger partial charge in [0.25, 0.3) is 0 Å². The highest BCUT2D eigenvalue weighted by Crippen LogP contribution is 2.42. The molecule has 0 spiro atoms. The van der Waals surface area contributed by atoms with Crippen molar-refractivity contribution in [1.82, 2.24) is 24.2 Å². The Morgan fingerprint density at radius 1 is 0.755 bits per heavy atom. The Labute approximate surface area is 312 Å². The number of likely N-dealkylation sites (N-methyl/N-ethyl adjacent to an activating group) is 1. The van der Waals surface area contributed by atoms with E-state index in [1.807, 2.05) is 6.20 Å². The van der Waals surface area contributed by atoms with Crippen LogP contribution in [0.2, 0.25) is 0 Å². The van der Waals surface area contributed by atoms with Crippen molar-refractivity contribution in [2.45, 2.75) is 40.5 Å². The van der Waals surface area contributed by atoms with E-state index in [0.717, 1.165) is 90.5 Å². The minimum Gasteiger partial charge on any atom is -0.457 e. The van der Waals surface area contributed by atoms with E-state index in [-0.39, 0.29) is 0 Å². The molecule has 8 rings (SSSR count). The van der Waals surface area contributed by atoms with Gasteiger partial charge in [-0.2, -0.15) is 0 Å². The summed E-state index contributed by atoms with van der Waals surface area (Å²) in [6.45, 7) is 16.6. The molecule has 0 aliphatic carbocycles. The Morgan fingerprint density at radius 2 is 1.49 bits per heavy atom. The minimum atomic E-state index is 0.401. The summed E-state index contributed by atoms with van der Waals surface area (Å²) in [6, 6.07) is 36.5. The van der Waals surface area contributed by atoms with Gasteiger partial charge in [0.05, 0.1) is 22.3 Å². The summed E-state index contributed by atoms with van der Waals surface area (Å²) < 4.78 is 11.2. The van der Waals surface area contributed by atoms with Gasteiger partial charge in [-0.25, -0.2) is 9.67 Å². The number of hydrogen-bond donors (Lipinski definition) is 0. The van der Waals surface area contributed by atoms with Gasteiger partial charge in [0.2, 0.25) is 0 Å². The van der Waals surface area contributed by atoms with Crippen LogP contribution in [-0.2, 0) is 0 Å². The summed E-state index contributed by atoms with van der Waals surface area (Å²) in [6.07, 6.45) is 1.92. The molecule has 0 saturated carbocycles. The van der Waals surface area contributed by atoms with Crippen molar-refractivity contribution in [2.75, 3.05) is 56.1 Å². The Balaban J connectivity index is 1.25. The molecule has 4 heterocycles. The molecule has 1 saturated heterocycles. The number of hydrogen-bond acceptors (Lipinski definition) is 6. The summed E-state index contributed by atoms with van der Waals surface area (Å²) >= 11 is 0. The predicted octanol–water partition coefficient (Wildman–Crippen LogP) is 9.85. The van der Waals surface area contributed by atoms with Crippen molar-refractivity contribution >= 4 is 33.4 Å². The Morgan fingerprint density at radius 3 is 2.25 bits per heavy atom. The maximum absolute atomic E-state index is 6.78. The van der Waals surface area contributed by atoms with Crippen molar-refractivity contribution in [3.05, 3.63) is 120 Å². The van der Waals surface area contributed by atoms with Gasteiger partial charge in [0.1, 0.15) is 23.1 Å². The average molecular weight is 704 g/mol. The third kappa shape index (κ3) is 6.53. The summed E-state index contributed by atoms with van der Waals surface area (Å²) in [5.41, 5.74) is 7.88. The standard InChI is InChI=1S/C45H49N7O/c1-7-49(8-2)44-43(33-14-10-9-11-15-33)45(50-24-22-48(6)23-25-50)52(47-44)35-26-32(5)27-37(29-35)53-36-18-19-39-38-16-12-13-17-40(38)51(41(39)30-36)42-28-34(31(3)4)20-21-46-42/h9-21,26-31H,7-8,22-25H2,1-6H3. The van der Waals surface area contributed by atoms with E-state index in [2.05, 4.69) is 169 Å². The zero-order valence-electron chi connectivity index (χ0n) is 31.8. The number of fused-ring (bicyclic) bond motifs is 3. The number of aromatic nitrogens is 4. The Bertz CT molecular complexity index is 2380. The molecule has 0 amide bonds. The quantitative estimate of drug-likeness (QED) is 0.141. The number of aryl methyl sites for hydroxylation is 1. The number of rotatable bonds is 10. The summed E-state index contributed by atoms with van der Waals surface area (Å²) in [4.78, 5) is 12.1. The van der Waals surface area contributed by atoms with E-state index in [0.29, 0.717) is 5.92 Å². The highest BCUT2D eigenvalue weighted by Gasteiger charge is 2.29. The van der Waals surface area contributed by atoms with E-state index in [1.54, 1.807) is 0 Å². The molecule has 8 nitrogen and oxygen atoms in total. The van der Waals surface area contributed by atoms with Crippen LogP contribution in [0.4, 0.5) is 11.6 Å². The molecule has 0 unspecified atom stereocenters. The van der Waals surface area contributed by atoms with Crippen LogP contribution in [-0.4, -0.2) is 70.5 Å². The number of nitrogens with zero attached hydrogens (tertiary/aromatic N) is 7. The second-order valence-electron chi connectivity index (χ2n) is 14.5. The summed E-state index contributed by atoms with van der Waals surface area (Å²) in [7, 11) is 2.20. The van der Waals surface area contributed by atoms with Gasteiger partial charge in [-0.1, -0.05) is 62.4 Å². The molecule has 7 aromatic rings. The lowest BCUT2D eigenvalue weighted by atomic mass is 10.1. The Kier molecular flexibility index (Phi) is 9.39. The summed E-state index contributed by atoms with van der Waals surface area (Å²) in [5.74, 6) is 4.99. The molecule has 0 bridgehead atoms. The molecule has 8 heteroatoms. The van der Waals surface area contributed by atoms with Crippen LogP contribution in [0.1, 0.15) is 44.7 Å². The van der Waals surface area contributed by atoms with E-state index in [4.69, 9.17) is 14.8 Å². The zero-order chi connectivity index (χ0) is 36.6. The molecule has 270 valence electrons.